The molecule has 2 aromatic rings. The number of hydrogen-bond donors (Lipinski definition) is 1. The second kappa shape index (κ2) is 7.51. The average Bonchev–Trinajstić information content (AvgIpc) is 3.27. The summed E-state index contributed by atoms with van der Waals surface area (Å²) in [6.07, 6.45) is 2.21. The van der Waals surface area contributed by atoms with E-state index in [4.69, 9.17) is 27.9 Å². The van der Waals surface area contributed by atoms with Crippen molar-refractivity contribution < 1.29 is 14.3 Å². The highest BCUT2D eigenvalue weighted by molar-refractivity contribution is 7.13. The number of carbonyl (C=O) groups is 2. The van der Waals surface area contributed by atoms with Crippen molar-refractivity contribution in [1.29, 1.82) is 0 Å². The molecule has 1 aromatic heterocycles. The van der Waals surface area contributed by atoms with Crippen LogP contribution in [0.25, 0.3) is 10.6 Å². The minimum atomic E-state index is -0.435. The highest BCUT2D eigenvalue weighted by atomic mass is 35.5. The summed E-state index contributed by atoms with van der Waals surface area (Å²) >= 11 is 13.2. The van der Waals surface area contributed by atoms with Crippen LogP contribution in [0.1, 0.15) is 23.3 Å². The minimum absolute atomic E-state index is 0.162. The Balaban J connectivity index is 1.56. The smallest absolute Gasteiger partial charge is 0.325 e. The molecule has 1 aliphatic rings. The number of benzene rings is 1. The number of halogens is 2. The Morgan fingerprint density at radius 2 is 2.08 bits per heavy atom. The largest absolute Gasteiger partial charge is 0.464 e. The van der Waals surface area contributed by atoms with Gasteiger partial charge in [-0.3, -0.25) is 9.59 Å². The number of aromatic nitrogens is 1. The number of thiazole rings is 1. The van der Waals surface area contributed by atoms with E-state index < -0.39 is 11.9 Å². The molecular weight excluding hydrogens is 371 g/mol. The number of ether oxygens (including phenoxy) is 1. The van der Waals surface area contributed by atoms with E-state index in [1.54, 1.807) is 23.6 Å². The Morgan fingerprint density at radius 1 is 1.29 bits per heavy atom. The van der Waals surface area contributed by atoms with E-state index in [-0.39, 0.29) is 12.2 Å². The highest BCUT2D eigenvalue weighted by Crippen LogP contribution is 2.30. The van der Waals surface area contributed by atoms with Crippen molar-refractivity contribution in [3.05, 3.63) is 39.3 Å². The molecule has 0 saturated heterocycles. The van der Waals surface area contributed by atoms with Gasteiger partial charge in [0, 0.05) is 10.9 Å². The summed E-state index contributed by atoms with van der Waals surface area (Å²) in [5, 5.41) is 5.67. The molecule has 1 N–H and O–H groups in total. The van der Waals surface area contributed by atoms with Gasteiger partial charge in [-0.05, 0) is 30.9 Å². The summed E-state index contributed by atoms with van der Waals surface area (Å²) in [4.78, 5) is 27.8. The van der Waals surface area contributed by atoms with Crippen molar-refractivity contribution >= 4 is 46.4 Å². The Kier molecular flexibility index (Phi) is 5.38. The molecule has 0 bridgehead atoms. The molecule has 5 nitrogen and oxygen atoms in total. The maximum absolute atomic E-state index is 12.0. The Labute approximate surface area is 152 Å². The first-order valence-corrected chi connectivity index (χ1v) is 9.01. The number of nitrogens with zero attached hydrogens (tertiary/aromatic N) is 1. The molecule has 8 heteroatoms. The topological polar surface area (TPSA) is 68.3 Å². The van der Waals surface area contributed by atoms with Crippen LogP contribution in [-0.4, -0.2) is 30.0 Å². The van der Waals surface area contributed by atoms with Gasteiger partial charge in [0.1, 0.15) is 17.2 Å². The van der Waals surface area contributed by atoms with E-state index in [0.29, 0.717) is 27.6 Å². The van der Waals surface area contributed by atoms with Crippen LogP contribution >= 0.6 is 34.5 Å². The molecule has 1 aromatic carbocycles. The van der Waals surface area contributed by atoms with Gasteiger partial charge in [0.2, 0.25) is 0 Å². The predicted octanol–water partition coefficient (Wildman–Crippen LogP) is 3.80. The number of rotatable bonds is 6. The van der Waals surface area contributed by atoms with Gasteiger partial charge in [-0.2, -0.15) is 0 Å². The number of carbonyl (C=O) groups excluding carboxylic acids is 2. The van der Waals surface area contributed by atoms with Gasteiger partial charge in [0.05, 0.1) is 16.7 Å². The Bertz CT molecular complexity index is 774. The third-order valence-corrected chi connectivity index (χ3v) is 5.10. The van der Waals surface area contributed by atoms with Gasteiger partial charge in [0.25, 0.3) is 5.91 Å². The highest BCUT2D eigenvalue weighted by Gasteiger charge is 2.23. The third kappa shape index (κ3) is 4.47. The van der Waals surface area contributed by atoms with Gasteiger partial charge in [0.15, 0.2) is 0 Å². The van der Waals surface area contributed by atoms with Gasteiger partial charge in [-0.15, -0.1) is 11.3 Å². The summed E-state index contributed by atoms with van der Waals surface area (Å²) in [6, 6.07) is 5.15. The van der Waals surface area contributed by atoms with Crippen molar-refractivity contribution in [2.24, 2.45) is 5.92 Å². The summed E-state index contributed by atoms with van der Waals surface area (Å²) in [5.74, 6) is -0.354. The van der Waals surface area contributed by atoms with Crippen molar-refractivity contribution in [2.45, 2.75) is 12.8 Å². The maximum Gasteiger partial charge on any atom is 0.325 e. The first-order valence-electron chi connectivity index (χ1n) is 7.37. The first kappa shape index (κ1) is 17.2. The monoisotopic (exact) mass is 384 g/mol. The lowest BCUT2D eigenvalue weighted by molar-refractivity contribution is -0.142. The van der Waals surface area contributed by atoms with E-state index in [9.17, 15) is 9.59 Å². The minimum Gasteiger partial charge on any atom is -0.464 e. The van der Waals surface area contributed by atoms with Crippen molar-refractivity contribution in [3.63, 3.8) is 0 Å². The van der Waals surface area contributed by atoms with Crippen LogP contribution < -0.4 is 5.32 Å². The summed E-state index contributed by atoms with van der Waals surface area (Å²) < 4.78 is 5.05. The molecule has 0 aliphatic heterocycles. The molecule has 0 unspecified atom stereocenters. The molecule has 126 valence electrons. The van der Waals surface area contributed by atoms with E-state index in [1.807, 2.05) is 0 Å². The van der Waals surface area contributed by atoms with Crippen LogP contribution in [0.2, 0.25) is 10.0 Å². The van der Waals surface area contributed by atoms with Crippen LogP contribution in [0.15, 0.2) is 23.6 Å². The number of amides is 1. The first-order chi connectivity index (χ1) is 11.5. The number of nitrogens with one attached hydrogen (secondary N) is 1. The van der Waals surface area contributed by atoms with Gasteiger partial charge in [-0.1, -0.05) is 29.3 Å². The Hall–Kier alpha value is -1.63. The molecule has 0 radical (unpaired) electrons. The zero-order valence-electron chi connectivity index (χ0n) is 12.6. The normalized spacial score (nSPS) is 13.6. The summed E-state index contributed by atoms with van der Waals surface area (Å²) in [7, 11) is 0. The Morgan fingerprint density at radius 3 is 2.79 bits per heavy atom. The van der Waals surface area contributed by atoms with E-state index >= 15 is 0 Å². The van der Waals surface area contributed by atoms with Crippen molar-refractivity contribution in [1.82, 2.24) is 10.3 Å². The summed E-state index contributed by atoms with van der Waals surface area (Å²) in [5.41, 5.74) is 1.02. The zero-order valence-corrected chi connectivity index (χ0v) is 14.9. The van der Waals surface area contributed by atoms with Gasteiger partial charge < -0.3 is 10.1 Å². The SMILES string of the molecule is O=C(CNC(=O)c1csc(-c2ccc(Cl)c(Cl)c2)n1)OCC1CC1. The molecule has 1 amide bonds. The van der Waals surface area contributed by atoms with Crippen LogP contribution in [-0.2, 0) is 9.53 Å². The van der Waals surface area contributed by atoms with Crippen LogP contribution in [0.4, 0.5) is 0 Å². The van der Waals surface area contributed by atoms with Crippen molar-refractivity contribution in [2.75, 3.05) is 13.2 Å². The average molecular weight is 385 g/mol. The zero-order chi connectivity index (χ0) is 17.1. The standard InChI is InChI=1S/C16H14Cl2N2O3S/c17-11-4-3-10(5-12(11)18)16-20-13(8-24-16)15(22)19-6-14(21)23-7-9-1-2-9/h3-5,8-9H,1-2,6-7H2,(H,19,22). The molecule has 3 rings (SSSR count). The second-order valence-corrected chi connectivity index (χ2v) is 7.15. The second-order valence-electron chi connectivity index (χ2n) is 5.48. The molecule has 1 saturated carbocycles. The van der Waals surface area contributed by atoms with E-state index in [1.165, 1.54) is 11.3 Å². The molecule has 1 aliphatic carbocycles. The lowest BCUT2D eigenvalue weighted by atomic mass is 10.2. The fourth-order valence-electron chi connectivity index (χ4n) is 1.93. The summed E-state index contributed by atoms with van der Waals surface area (Å²) in [6.45, 7) is 0.276. The predicted molar refractivity (Wildman–Crippen MR) is 93.6 cm³/mol. The van der Waals surface area contributed by atoms with Crippen molar-refractivity contribution in [3.8, 4) is 10.6 Å². The van der Waals surface area contributed by atoms with Crippen LogP contribution in [0, 0.1) is 5.92 Å². The fraction of sp³-hybridized carbons (Fsp3) is 0.312. The molecule has 0 atom stereocenters. The number of esters is 1. The van der Waals surface area contributed by atoms with Gasteiger partial charge in [-0.25, -0.2) is 4.98 Å². The third-order valence-electron chi connectivity index (χ3n) is 3.47. The van der Waals surface area contributed by atoms with Crippen LogP contribution in [0.5, 0.6) is 0 Å². The van der Waals surface area contributed by atoms with Crippen LogP contribution in [0.3, 0.4) is 0 Å². The van der Waals surface area contributed by atoms with E-state index in [0.717, 1.165) is 18.4 Å². The van der Waals surface area contributed by atoms with E-state index in [2.05, 4.69) is 10.3 Å². The maximum atomic E-state index is 12.0. The molecule has 1 fully saturated rings. The molecule has 24 heavy (non-hydrogen) atoms. The molecular formula is C16H14Cl2N2O3S. The fourth-order valence-corrected chi connectivity index (χ4v) is 3.02. The lowest BCUT2D eigenvalue weighted by Gasteiger charge is -2.04. The molecule has 1 heterocycles. The van der Waals surface area contributed by atoms with Gasteiger partial charge >= 0.3 is 5.97 Å². The number of hydrogen-bond acceptors (Lipinski definition) is 5. The quantitative estimate of drug-likeness (QED) is 0.768. The molecule has 0 spiro atoms. The lowest BCUT2D eigenvalue weighted by Crippen LogP contribution is -2.31.